The van der Waals surface area contributed by atoms with Crippen LogP contribution in [-0.4, -0.2) is 16.0 Å². The summed E-state index contributed by atoms with van der Waals surface area (Å²) in [6, 6.07) is 0.373. The average molecular weight is 225 g/mol. The summed E-state index contributed by atoms with van der Waals surface area (Å²) in [5.41, 5.74) is 7.15. The summed E-state index contributed by atoms with van der Waals surface area (Å²) in [6.07, 6.45) is 6.28. The van der Waals surface area contributed by atoms with E-state index in [0.717, 1.165) is 12.8 Å². The number of aryl methyl sites for hydroxylation is 1. The van der Waals surface area contributed by atoms with E-state index in [1.54, 1.807) is 0 Å². The van der Waals surface area contributed by atoms with Crippen molar-refractivity contribution in [2.45, 2.75) is 25.8 Å². The van der Waals surface area contributed by atoms with E-state index in [4.69, 9.17) is 17.3 Å². The zero-order valence-corrected chi connectivity index (χ0v) is 9.25. The van der Waals surface area contributed by atoms with E-state index in [1.807, 2.05) is 6.92 Å². The van der Waals surface area contributed by atoms with Crippen molar-refractivity contribution in [2.75, 3.05) is 11.1 Å². The number of halogens is 1. The summed E-state index contributed by atoms with van der Waals surface area (Å²) in [7, 11) is 0. The lowest BCUT2D eigenvalue weighted by Crippen LogP contribution is -2.18. The van der Waals surface area contributed by atoms with Crippen LogP contribution in [-0.2, 0) is 0 Å². The van der Waals surface area contributed by atoms with E-state index in [0.29, 0.717) is 23.2 Å². The molecule has 0 amide bonds. The van der Waals surface area contributed by atoms with Crippen molar-refractivity contribution in [3.05, 3.63) is 23.1 Å². The highest BCUT2D eigenvalue weighted by Gasteiger charge is 2.14. The maximum absolute atomic E-state index is 5.86. The molecule has 0 unspecified atom stereocenters. The first-order valence-corrected chi connectivity index (χ1v) is 5.26. The monoisotopic (exact) mass is 224 g/mol. The van der Waals surface area contributed by atoms with Gasteiger partial charge in [0.05, 0.1) is 11.4 Å². The van der Waals surface area contributed by atoms with Crippen LogP contribution >= 0.6 is 11.6 Å². The Kier molecular flexibility index (Phi) is 2.77. The fraction of sp³-hybridized carbons (Fsp3) is 0.400. The van der Waals surface area contributed by atoms with Crippen LogP contribution < -0.4 is 11.1 Å². The van der Waals surface area contributed by atoms with Gasteiger partial charge in [-0.25, -0.2) is 4.98 Å². The normalized spacial score (nSPS) is 15.9. The maximum atomic E-state index is 5.86. The first-order valence-electron chi connectivity index (χ1n) is 4.88. The van der Waals surface area contributed by atoms with Crippen molar-refractivity contribution >= 4 is 23.1 Å². The van der Waals surface area contributed by atoms with Crippen molar-refractivity contribution in [3.63, 3.8) is 0 Å². The van der Waals surface area contributed by atoms with Gasteiger partial charge in [0.2, 0.25) is 5.28 Å². The van der Waals surface area contributed by atoms with Gasteiger partial charge < -0.3 is 11.1 Å². The number of nitrogens with zero attached hydrogens (tertiary/aromatic N) is 2. The highest BCUT2D eigenvalue weighted by molar-refractivity contribution is 6.28. The predicted molar refractivity (Wildman–Crippen MR) is 62.0 cm³/mol. The number of nitrogen functional groups attached to an aromatic ring is 1. The molecule has 0 saturated carbocycles. The SMILES string of the molecule is Cc1nc(Cl)nc(NC2CC=CC2)c1N. The predicted octanol–water partition coefficient (Wildman–Crippen LogP) is 2.15. The second kappa shape index (κ2) is 4.06. The Morgan fingerprint density at radius 3 is 2.73 bits per heavy atom. The van der Waals surface area contributed by atoms with Crippen LogP contribution in [0, 0.1) is 6.92 Å². The van der Waals surface area contributed by atoms with Gasteiger partial charge in [-0.05, 0) is 31.4 Å². The Hall–Kier alpha value is -1.29. The van der Waals surface area contributed by atoms with Crippen LogP contribution in [0.25, 0.3) is 0 Å². The van der Waals surface area contributed by atoms with Crippen LogP contribution in [0.1, 0.15) is 18.5 Å². The lowest BCUT2D eigenvalue weighted by Gasteiger charge is -2.15. The average Bonchev–Trinajstić information content (AvgIpc) is 2.66. The molecule has 0 atom stereocenters. The highest BCUT2D eigenvalue weighted by atomic mass is 35.5. The Morgan fingerprint density at radius 2 is 2.07 bits per heavy atom. The van der Waals surface area contributed by atoms with Gasteiger partial charge in [-0.15, -0.1) is 0 Å². The topological polar surface area (TPSA) is 63.8 Å². The summed E-state index contributed by atoms with van der Waals surface area (Å²) in [6.45, 7) is 1.82. The number of nitrogens with two attached hydrogens (primary N) is 1. The Balaban J connectivity index is 2.19. The fourth-order valence-corrected chi connectivity index (χ4v) is 1.80. The van der Waals surface area contributed by atoms with Gasteiger partial charge in [0.25, 0.3) is 0 Å². The van der Waals surface area contributed by atoms with Gasteiger partial charge in [0.1, 0.15) is 0 Å². The van der Waals surface area contributed by atoms with Gasteiger partial charge in [0, 0.05) is 6.04 Å². The molecule has 15 heavy (non-hydrogen) atoms. The molecule has 0 radical (unpaired) electrons. The second-order valence-corrected chi connectivity index (χ2v) is 3.96. The smallest absolute Gasteiger partial charge is 0.224 e. The molecule has 1 aromatic rings. The number of hydrogen-bond acceptors (Lipinski definition) is 4. The van der Waals surface area contributed by atoms with E-state index in [-0.39, 0.29) is 5.28 Å². The molecule has 1 aromatic heterocycles. The molecule has 0 aromatic carbocycles. The Morgan fingerprint density at radius 1 is 1.40 bits per heavy atom. The molecule has 0 spiro atoms. The summed E-state index contributed by atoms with van der Waals surface area (Å²) >= 11 is 5.77. The third-order valence-corrected chi connectivity index (χ3v) is 2.63. The standard InChI is InChI=1S/C10H13ClN4/c1-6-8(12)9(15-10(11)13-6)14-7-4-2-3-5-7/h2-3,7H,4-5,12H2,1H3,(H,13,14,15). The lowest BCUT2D eigenvalue weighted by molar-refractivity contribution is 0.780. The molecule has 4 nitrogen and oxygen atoms in total. The van der Waals surface area contributed by atoms with E-state index < -0.39 is 0 Å². The van der Waals surface area contributed by atoms with Crippen LogP contribution in [0.15, 0.2) is 12.2 Å². The van der Waals surface area contributed by atoms with Crippen LogP contribution in [0.3, 0.4) is 0 Å². The minimum absolute atomic E-state index is 0.232. The molecule has 5 heteroatoms. The van der Waals surface area contributed by atoms with Gasteiger partial charge in [-0.3, -0.25) is 0 Å². The minimum Gasteiger partial charge on any atom is -0.394 e. The highest BCUT2D eigenvalue weighted by Crippen LogP contribution is 2.23. The minimum atomic E-state index is 0.232. The summed E-state index contributed by atoms with van der Waals surface area (Å²) < 4.78 is 0. The summed E-state index contributed by atoms with van der Waals surface area (Å²) in [5.74, 6) is 0.640. The van der Waals surface area contributed by atoms with Crippen molar-refractivity contribution in [3.8, 4) is 0 Å². The number of hydrogen-bond donors (Lipinski definition) is 2. The first-order chi connectivity index (χ1) is 7.16. The molecule has 80 valence electrons. The molecule has 1 aliphatic rings. The number of rotatable bonds is 2. The van der Waals surface area contributed by atoms with Crippen LogP contribution in [0.2, 0.25) is 5.28 Å². The third-order valence-electron chi connectivity index (χ3n) is 2.46. The van der Waals surface area contributed by atoms with Gasteiger partial charge in [0.15, 0.2) is 5.82 Å². The lowest BCUT2D eigenvalue weighted by atomic mass is 10.2. The fourth-order valence-electron chi connectivity index (χ4n) is 1.59. The summed E-state index contributed by atoms with van der Waals surface area (Å²) in [5, 5.41) is 3.50. The quantitative estimate of drug-likeness (QED) is 0.597. The zero-order valence-electron chi connectivity index (χ0n) is 8.50. The van der Waals surface area contributed by atoms with Gasteiger partial charge in [-0.1, -0.05) is 12.2 Å². The molecular weight excluding hydrogens is 212 g/mol. The van der Waals surface area contributed by atoms with Crippen LogP contribution in [0.5, 0.6) is 0 Å². The molecule has 0 fully saturated rings. The van der Waals surface area contributed by atoms with Crippen LogP contribution in [0.4, 0.5) is 11.5 Å². The van der Waals surface area contributed by atoms with Crippen molar-refractivity contribution in [1.29, 1.82) is 0 Å². The van der Waals surface area contributed by atoms with E-state index in [9.17, 15) is 0 Å². The molecule has 0 aliphatic heterocycles. The Bertz CT molecular complexity index is 395. The van der Waals surface area contributed by atoms with Gasteiger partial charge >= 0.3 is 0 Å². The first kappa shape index (κ1) is 10.2. The molecule has 3 N–H and O–H groups in total. The second-order valence-electron chi connectivity index (χ2n) is 3.62. The number of anilines is 2. The number of aromatic nitrogens is 2. The zero-order chi connectivity index (χ0) is 10.8. The van der Waals surface area contributed by atoms with E-state index >= 15 is 0 Å². The molecule has 1 aliphatic carbocycles. The molecule has 1 heterocycles. The summed E-state index contributed by atoms with van der Waals surface area (Å²) in [4.78, 5) is 8.07. The molecule has 2 rings (SSSR count). The molecule has 0 saturated heterocycles. The van der Waals surface area contributed by atoms with Gasteiger partial charge in [-0.2, -0.15) is 4.98 Å². The van der Waals surface area contributed by atoms with E-state index in [1.165, 1.54) is 0 Å². The molecule has 0 bridgehead atoms. The Labute approximate surface area is 93.6 Å². The largest absolute Gasteiger partial charge is 0.394 e. The molecular formula is C10H13ClN4. The van der Waals surface area contributed by atoms with Crippen molar-refractivity contribution < 1.29 is 0 Å². The maximum Gasteiger partial charge on any atom is 0.224 e. The van der Waals surface area contributed by atoms with Crippen molar-refractivity contribution in [2.24, 2.45) is 0 Å². The van der Waals surface area contributed by atoms with E-state index in [2.05, 4.69) is 27.4 Å². The number of nitrogens with one attached hydrogen (secondary N) is 1. The third kappa shape index (κ3) is 2.21. The van der Waals surface area contributed by atoms with Crippen molar-refractivity contribution in [1.82, 2.24) is 9.97 Å².